The molecule has 5 heteroatoms. The van der Waals surface area contributed by atoms with Crippen LogP contribution in [0.5, 0.6) is 0 Å². The molecule has 0 unspecified atom stereocenters. The van der Waals surface area contributed by atoms with Gasteiger partial charge in [-0.1, -0.05) is 48.9 Å². The quantitative estimate of drug-likeness (QED) is 0.767. The number of nitrogens with one attached hydrogen (secondary N) is 1. The molecule has 140 valence electrons. The molecular formula is C22H23ClN2O2. The minimum atomic E-state index is -0.303. The van der Waals surface area contributed by atoms with Gasteiger partial charge >= 0.3 is 0 Å². The van der Waals surface area contributed by atoms with Crippen molar-refractivity contribution in [1.82, 2.24) is 4.90 Å². The van der Waals surface area contributed by atoms with Gasteiger partial charge in [0, 0.05) is 24.2 Å². The standard InChI is InChI=1S/C22H23ClN2O2/c1-16-12-14-25(15-13-16)22(27)18-7-3-5-9-20(18)24-21(26)11-10-17-6-2-4-8-19(17)23/h2-11,16H,12-15H2,1H3,(H,24,26). The van der Waals surface area contributed by atoms with Gasteiger partial charge in [-0.3, -0.25) is 9.59 Å². The molecule has 0 atom stereocenters. The lowest BCUT2D eigenvalue weighted by Gasteiger charge is -2.30. The summed E-state index contributed by atoms with van der Waals surface area (Å²) < 4.78 is 0. The van der Waals surface area contributed by atoms with Crippen LogP contribution in [0.1, 0.15) is 35.7 Å². The van der Waals surface area contributed by atoms with Crippen LogP contribution in [-0.4, -0.2) is 29.8 Å². The first-order chi connectivity index (χ1) is 13.0. The molecule has 27 heavy (non-hydrogen) atoms. The van der Waals surface area contributed by atoms with Crippen LogP contribution >= 0.6 is 11.6 Å². The van der Waals surface area contributed by atoms with E-state index in [0.29, 0.717) is 22.2 Å². The van der Waals surface area contributed by atoms with Gasteiger partial charge in [0.2, 0.25) is 5.91 Å². The molecule has 1 heterocycles. The van der Waals surface area contributed by atoms with E-state index in [-0.39, 0.29) is 11.8 Å². The molecule has 1 N–H and O–H groups in total. The van der Waals surface area contributed by atoms with Crippen molar-refractivity contribution >= 4 is 35.2 Å². The lowest BCUT2D eigenvalue weighted by atomic mass is 9.98. The molecule has 1 aliphatic heterocycles. The summed E-state index contributed by atoms with van der Waals surface area (Å²) in [4.78, 5) is 27.1. The molecule has 0 aliphatic carbocycles. The van der Waals surface area contributed by atoms with Gasteiger partial charge in [-0.25, -0.2) is 0 Å². The Morgan fingerprint density at radius 2 is 1.74 bits per heavy atom. The molecule has 2 aromatic rings. The van der Waals surface area contributed by atoms with Crippen molar-refractivity contribution in [3.05, 3.63) is 70.8 Å². The first kappa shape index (κ1) is 19.2. The van der Waals surface area contributed by atoms with E-state index >= 15 is 0 Å². The van der Waals surface area contributed by atoms with Gasteiger partial charge in [0.05, 0.1) is 11.3 Å². The number of hydrogen-bond acceptors (Lipinski definition) is 2. The summed E-state index contributed by atoms with van der Waals surface area (Å²) in [5, 5.41) is 3.39. The molecule has 0 saturated carbocycles. The Morgan fingerprint density at radius 1 is 1.07 bits per heavy atom. The molecular weight excluding hydrogens is 360 g/mol. The number of piperidine rings is 1. The van der Waals surface area contributed by atoms with Crippen LogP contribution in [0.3, 0.4) is 0 Å². The molecule has 4 nitrogen and oxygen atoms in total. The van der Waals surface area contributed by atoms with Gasteiger partial charge in [-0.2, -0.15) is 0 Å². The van der Waals surface area contributed by atoms with Crippen LogP contribution < -0.4 is 5.32 Å². The molecule has 3 rings (SSSR count). The smallest absolute Gasteiger partial charge is 0.255 e. The number of halogens is 1. The second kappa shape index (κ2) is 8.87. The molecule has 2 aromatic carbocycles. The van der Waals surface area contributed by atoms with Crippen LogP contribution in [0.2, 0.25) is 5.02 Å². The average Bonchev–Trinajstić information content (AvgIpc) is 2.68. The molecule has 1 saturated heterocycles. The van der Waals surface area contributed by atoms with Gasteiger partial charge < -0.3 is 10.2 Å². The van der Waals surface area contributed by atoms with Gasteiger partial charge in [0.25, 0.3) is 5.91 Å². The van der Waals surface area contributed by atoms with Crippen molar-refractivity contribution in [3.63, 3.8) is 0 Å². The van der Waals surface area contributed by atoms with Crippen molar-refractivity contribution in [2.24, 2.45) is 5.92 Å². The third kappa shape index (κ3) is 4.98. The highest BCUT2D eigenvalue weighted by molar-refractivity contribution is 6.32. The Bertz CT molecular complexity index is 855. The van der Waals surface area contributed by atoms with E-state index in [1.807, 2.05) is 35.2 Å². The zero-order valence-electron chi connectivity index (χ0n) is 15.3. The minimum absolute atomic E-state index is 0.0344. The summed E-state index contributed by atoms with van der Waals surface area (Å²) in [5.41, 5.74) is 1.81. The number of amides is 2. The molecule has 2 amide bonds. The van der Waals surface area contributed by atoms with Crippen molar-refractivity contribution < 1.29 is 9.59 Å². The maximum absolute atomic E-state index is 12.9. The van der Waals surface area contributed by atoms with Crippen LogP contribution in [0, 0.1) is 5.92 Å². The van der Waals surface area contributed by atoms with Crippen LogP contribution in [0.15, 0.2) is 54.6 Å². The van der Waals surface area contributed by atoms with E-state index in [1.54, 1.807) is 24.3 Å². The molecule has 0 radical (unpaired) electrons. The van der Waals surface area contributed by atoms with Crippen molar-refractivity contribution in [3.8, 4) is 0 Å². The summed E-state index contributed by atoms with van der Waals surface area (Å²) in [6, 6.07) is 14.4. The number of carbonyl (C=O) groups is 2. The molecule has 1 aliphatic rings. The predicted molar refractivity (Wildman–Crippen MR) is 110 cm³/mol. The zero-order chi connectivity index (χ0) is 19.2. The van der Waals surface area contributed by atoms with E-state index in [2.05, 4.69) is 12.2 Å². The second-order valence-electron chi connectivity index (χ2n) is 6.86. The van der Waals surface area contributed by atoms with Gasteiger partial charge in [-0.15, -0.1) is 0 Å². The Balaban J connectivity index is 1.71. The first-order valence-corrected chi connectivity index (χ1v) is 9.54. The predicted octanol–water partition coefficient (Wildman–Crippen LogP) is 4.86. The third-order valence-corrected chi connectivity index (χ3v) is 5.15. The lowest BCUT2D eigenvalue weighted by molar-refractivity contribution is -0.111. The summed E-state index contributed by atoms with van der Waals surface area (Å²) in [7, 11) is 0. The van der Waals surface area contributed by atoms with Crippen molar-refractivity contribution in [2.45, 2.75) is 19.8 Å². The number of nitrogens with zero attached hydrogens (tertiary/aromatic N) is 1. The fourth-order valence-corrected chi connectivity index (χ4v) is 3.31. The van der Waals surface area contributed by atoms with Gasteiger partial charge in [-0.05, 0) is 48.6 Å². The van der Waals surface area contributed by atoms with Crippen LogP contribution in [-0.2, 0) is 4.79 Å². The summed E-state index contributed by atoms with van der Waals surface area (Å²) >= 11 is 6.10. The number of para-hydroxylation sites is 1. The van der Waals surface area contributed by atoms with Crippen molar-refractivity contribution in [1.29, 1.82) is 0 Å². The highest BCUT2D eigenvalue weighted by Crippen LogP contribution is 2.22. The van der Waals surface area contributed by atoms with Gasteiger partial charge in [0.1, 0.15) is 0 Å². The Kier molecular flexibility index (Phi) is 6.30. The van der Waals surface area contributed by atoms with E-state index in [4.69, 9.17) is 11.6 Å². The normalized spacial score (nSPS) is 15.1. The summed E-state index contributed by atoms with van der Waals surface area (Å²) in [5.74, 6) is 0.314. The number of anilines is 1. The minimum Gasteiger partial charge on any atom is -0.339 e. The highest BCUT2D eigenvalue weighted by atomic mass is 35.5. The lowest BCUT2D eigenvalue weighted by Crippen LogP contribution is -2.38. The Labute approximate surface area is 164 Å². The number of hydrogen-bond donors (Lipinski definition) is 1. The number of likely N-dealkylation sites (tertiary alicyclic amines) is 1. The first-order valence-electron chi connectivity index (χ1n) is 9.16. The molecule has 0 aromatic heterocycles. The average molecular weight is 383 g/mol. The van der Waals surface area contributed by atoms with E-state index in [1.165, 1.54) is 6.08 Å². The number of rotatable bonds is 4. The topological polar surface area (TPSA) is 49.4 Å². The molecule has 1 fully saturated rings. The number of carbonyl (C=O) groups excluding carboxylic acids is 2. The molecule has 0 spiro atoms. The highest BCUT2D eigenvalue weighted by Gasteiger charge is 2.23. The second-order valence-corrected chi connectivity index (χ2v) is 7.27. The maximum atomic E-state index is 12.9. The molecule has 0 bridgehead atoms. The third-order valence-electron chi connectivity index (χ3n) is 4.81. The van der Waals surface area contributed by atoms with E-state index in [0.717, 1.165) is 31.5 Å². The largest absolute Gasteiger partial charge is 0.339 e. The monoisotopic (exact) mass is 382 g/mol. The van der Waals surface area contributed by atoms with E-state index < -0.39 is 0 Å². The maximum Gasteiger partial charge on any atom is 0.255 e. The zero-order valence-corrected chi connectivity index (χ0v) is 16.1. The SMILES string of the molecule is CC1CCN(C(=O)c2ccccc2NC(=O)C=Cc2ccccc2Cl)CC1. The Hall–Kier alpha value is -2.59. The van der Waals surface area contributed by atoms with Gasteiger partial charge in [0.15, 0.2) is 0 Å². The Morgan fingerprint density at radius 3 is 2.48 bits per heavy atom. The fraction of sp³-hybridized carbons (Fsp3) is 0.273. The van der Waals surface area contributed by atoms with E-state index in [9.17, 15) is 9.59 Å². The number of benzene rings is 2. The summed E-state index contributed by atoms with van der Waals surface area (Å²) in [6.07, 6.45) is 5.11. The fourth-order valence-electron chi connectivity index (χ4n) is 3.11. The summed E-state index contributed by atoms with van der Waals surface area (Å²) in [6.45, 7) is 3.73. The van der Waals surface area contributed by atoms with Crippen LogP contribution in [0.4, 0.5) is 5.69 Å². The van der Waals surface area contributed by atoms with Crippen molar-refractivity contribution in [2.75, 3.05) is 18.4 Å². The van der Waals surface area contributed by atoms with Crippen LogP contribution in [0.25, 0.3) is 6.08 Å².